The predicted molar refractivity (Wildman–Crippen MR) is 103 cm³/mol. The Morgan fingerprint density at radius 3 is 2.44 bits per heavy atom. The molecule has 2 aromatic carbocycles. The van der Waals surface area contributed by atoms with E-state index in [1.807, 2.05) is 19.1 Å². The van der Waals surface area contributed by atoms with E-state index in [-0.39, 0.29) is 11.9 Å². The number of rotatable bonds is 7. The number of nitrogens with one attached hydrogen (secondary N) is 1. The van der Waals surface area contributed by atoms with Gasteiger partial charge in [0.05, 0.1) is 6.04 Å². The molecule has 1 amide bonds. The molecular formula is C21H26ClNO2. The van der Waals surface area contributed by atoms with Gasteiger partial charge < -0.3 is 10.1 Å². The number of amides is 1. The van der Waals surface area contributed by atoms with Crippen molar-refractivity contribution in [1.82, 2.24) is 5.32 Å². The summed E-state index contributed by atoms with van der Waals surface area (Å²) in [5, 5.41) is 3.71. The second kappa shape index (κ2) is 8.91. The van der Waals surface area contributed by atoms with Gasteiger partial charge >= 0.3 is 0 Å². The third-order valence-corrected chi connectivity index (χ3v) is 4.63. The van der Waals surface area contributed by atoms with Crippen LogP contribution < -0.4 is 10.1 Å². The molecule has 0 aromatic heterocycles. The molecule has 25 heavy (non-hydrogen) atoms. The van der Waals surface area contributed by atoms with Gasteiger partial charge in [-0.1, -0.05) is 49.7 Å². The maximum Gasteiger partial charge on any atom is 0.261 e. The number of hydrogen-bond donors (Lipinski definition) is 1. The molecule has 1 N–H and O–H groups in total. The van der Waals surface area contributed by atoms with E-state index in [0.29, 0.717) is 17.2 Å². The van der Waals surface area contributed by atoms with Crippen LogP contribution in [-0.4, -0.2) is 12.0 Å². The first-order chi connectivity index (χ1) is 11.9. The minimum absolute atomic E-state index is 0.0242. The van der Waals surface area contributed by atoms with Crippen LogP contribution >= 0.6 is 11.6 Å². The zero-order chi connectivity index (χ0) is 18.4. The summed E-state index contributed by atoms with van der Waals surface area (Å²) >= 11 is 5.98. The average molecular weight is 360 g/mol. The molecule has 0 fully saturated rings. The SMILES string of the molecule is CC[C@H](Oc1cccc(Cl)c1)C(=O)N[C@@H](CC)c1ccc(C)c(C)c1. The molecule has 2 rings (SSSR count). The van der Waals surface area contributed by atoms with E-state index < -0.39 is 6.10 Å². The van der Waals surface area contributed by atoms with Crippen LogP contribution in [0.3, 0.4) is 0 Å². The Hall–Kier alpha value is -2.00. The highest BCUT2D eigenvalue weighted by Crippen LogP contribution is 2.22. The van der Waals surface area contributed by atoms with E-state index in [4.69, 9.17) is 16.3 Å². The Labute approximate surface area is 155 Å². The van der Waals surface area contributed by atoms with Crippen LogP contribution in [-0.2, 0) is 4.79 Å². The molecule has 2 atom stereocenters. The summed E-state index contributed by atoms with van der Waals surface area (Å²) in [5.41, 5.74) is 3.60. The van der Waals surface area contributed by atoms with Gasteiger partial charge in [0, 0.05) is 5.02 Å². The van der Waals surface area contributed by atoms with Crippen molar-refractivity contribution in [2.24, 2.45) is 0 Å². The van der Waals surface area contributed by atoms with Crippen molar-refractivity contribution in [1.29, 1.82) is 0 Å². The van der Waals surface area contributed by atoms with Crippen LogP contribution in [0.5, 0.6) is 5.75 Å². The van der Waals surface area contributed by atoms with Crippen LogP contribution in [0.25, 0.3) is 0 Å². The third kappa shape index (κ3) is 5.23. The van der Waals surface area contributed by atoms with Crippen LogP contribution in [0, 0.1) is 13.8 Å². The highest BCUT2D eigenvalue weighted by atomic mass is 35.5. The highest BCUT2D eigenvalue weighted by molar-refractivity contribution is 6.30. The van der Waals surface area contributed by atoms with Crippen molar-refractivity contribution >= 4 is 17.5 Å². The average Bonchev–Trinajstić information content (AvgIpc) is 2.60. The molecule has 0 saturated heterocycles. The molecule has 0 saturated carbocycles. The first kappa shape index (κ1) is 19.3. The maximum atomic E-state index is 12.7. The van der Waals surface area contributed by atoms with E-state index in [2.05, 4.69) is 44.3 Å². The lowest BCUT2D eigenvalue weighted by Crippen LogP contribution is -2.40. The van der Waals surface area contributed by atoms with Crippen LogP contribution in [0.1, 0.15) is 49.4 Å². The zero-order valence-electron chi connectivity index (χ0n) is 15.3. The monoisotopic (exact) mass is 359 g/mol. The van der Waals surface area contributed by atoms with Gasteiger partial charge in [0.1, 0.15) is 5.75 Å². The molecule has 0 bridgehead atoms. The quantitative estimate of drug-likeness (QED) is 0.720. The smallest absolute Gasteiger partial charge is 0.261 e. The Bertz CT molecular complexity index is 730. The molecule has 3 nitrogen and oxygen atoms in total. The number of benzene rings is 2. The van der Waals surface area contributed by atoms with Gasteiger partial charge in [-0.15, -0.1) is 0 Å². The van der Waals surface area contributed by atoms with E-state index in [9.17, 15) is 4.79 Å². The number of halogens is 1. The van der Waals surface area contributed by atoms with Gasteiger partial charge in [0.25, 0.3) is 5.91 Å². The van der Waals surface area contributed by atoms with Crippen molar-refractivity contribution in [3.8, 4) is 5.75 Å². The first-order valence-electron chi connectivity index (χ1n) is 8.74. The van der Waals surface area contributed by atoms with Gasteiger partial charge in [-0.25, -0.2) is 0 Å². The minimum atomic E-state index is -0.543. The third-order valence-electron chi connectivity index (χ3n) is 4.40. The standard InChI is InChI=1S/C21H26ClNO2/c1-5-19(16-11-10-14(3)15(4)12-16)23-21(24)20(6-2)25-18-9-7-8-17(22)13-18/h7-13,19-20H,5-6H2,1-4H3,(H,23,24)/t19-,20-/m0/s1. The molecule has 4 heteroatoms. The number of carbonyl (C=O) groups is 1. The summed E-state index contributed by atoms with van der Waals surface area (Å²) in [6.45, 7) is 8.18. The summed E-state index contributed by atoms with van der Waals surface area (Å²) in [6, 6.07) is 13.4. The Morgan fingerprint density at radius 2 is 1.84 bits per heavy atom. The number of hydrogen-bond acceptors (Lipinski definition) is 2. The fraction of sp³-hybridized carbons (Fsp3) is 0.381. The fourth-order valence-corrected chi connectivity index (χ4v) is 2.87. The van der Waals surface area contributed by atoms with Crippen molar-refractivity contribution in [3.05, 3.63) is 64.2 Å². The molecule has 0 aliphatic heterocycles. The Balaban J connectivity index is 2.09. The lowest BCUT2D eigenvalue weighted by atomic mass is 9.99. The van der Waals surface area contributed by atoms with Gasteiger partial charge in [0.15, 0.2) is 6.10 Å². The van der Waals surface area contributed by atoms with E-state index in [0.717, 1.165) is 12.0 Å². The largest absolute Gasteiger partial charge is 0.481 e. The normalized spacial score (nSPS) is 13.2. The summed E-state index contributed by atoms with van der Waals surface area (Å²) in [6.07, 6.45) is 0.864. The van der Waals surface area contributed by atoms with Crippen molar-refractivity contribution in [3.63, 3.8) is 0 Å². The zero-order valence-corrected chi connectivity index (χ0v) is 16.1. The van der Waals surface area contributed by atoms with Gasteiger partial charge in [-0.2, -0.15) is 0 Å². The van der Waals surface area contributed by atoms with E-state index >= 15 is 0 Å². The maximum absolute atomic E-state index is 12.7. The molecule has 0 radical (unpaired) electrons. The molecule has 134 valence electrons. The summed E-state index contributed by atoms with van der Waals surface area (Å²) in [4.78, 5) is 12.7. The second-order valence-electron chi connectivity index (χ2n) is 6.29. The van der Waals surface area contributed by atoms with Crippen molar-refractivity contribution < 1.29 is 9.53 Å². The minimum Gasteiger partial charge on any atom is -0.481 e. The van der Waals surface area contributed by atoms with Gasteiger partial charge in [0.2, 0.25) is 0 Å². The number of ether oxygens (including phenoxy) is 1. The number of carbonyl (C=O) groups excluding carboxylic acids is 1. The molecule has 0 heterocycles. The summed E-state index contributed by atoms with van der Waals surface area (Å²) in [5.74, 6) is 0.501. The molecular weight excluding hydrogens is 334 g/mol. The predicted octanol–water partition coefficient (Wildman–Crippen LogP) is 5.38. The molecule has 0 aliphatic carbocycles. The van der Waals surface area contributed by atoms with E-state index in [1.54, 1.807) is 12.1 Å². The Morgan fingerprint density at radius 1 is 1.08 bits per heavy atom. The Kier molecular flexibility index (Phi) is 6.89. The van der Waals surface area contributed by atoms with Crippen LogP contribution in [0.4, 0.5) is 0 Å². The molecule has 2 aromatic rings. The second-order valence-corrected chi connectivity index (χ2v) is 6.72. The summed E-state index contributed by atoms with van der Waals surface area (Å²) in [7, 11) is 0. The first-order valence-corrected chi connectivity index (χ1v) is 9.12. The fourth-order valence-electron chi connectivity index (χ4n) is 2.69. The van der Waals surface area contributed by atoms with Crippen LogP contribution in [0.15, 0.2) is 42.5 Å². The van der Waals surface area contributed by atoms with E-state index in [1.165, 1.54) is 11.1 Å². The topological polar surface area (TPSA) is 38.3 Å². The molecule has 0 spiro atoms. The lowest BCUT2D eigenvalue weighted by molar-refractivity contribution is -0.128. The van der Waals surface area contributed by atoms with Crippen LogP contribution in [0.2, 0.25) is 5.02 Å². The van der Waals surface area contributed by atoms with Crippen molar-refractivity contribution in [2.45, 2.75) is 52.7 Å². The highest BCUT2D eigenvalue weighted by Gasteiger charge is 2.22. The summed E-state index contributed by atoms with van der Waals surface area (Å²) < 4.78 is 5.83. The van der Waals surface area contributed by atoms with Gasteiger partial charge in [-0.05, 0) is 61.6 Å². The number of aryl methyl sites for hydroxylation is 2. The van der Waals surface area contributed by atoms with Crippen molar-refractivity contribution in [2.75, 3.05) is 0 Å². The molecule has 0 unspecified atom stereocenters. The van der Waals surface area contributed by atoms with Gasteiger partial charge in [-0.3, -0.25) is 4.79 Å². The lowest BCUT2D eigenvalue weighted by Gasteiger charge is -2.23. The molecule has 0 aliphatic rings.